The summed E-state index contributed by atoms with van der Waals surface area (Å²) in [5.74, 6) is 0.897. The second-order valence-electron chi connectivity index (χ2n) is 4.48. The first kappa shape index (κ1) is 11.5. The van der Waals surface area contributed by atoms with E-state index in [0.29, 0.717) is 23.0 Å². The van der Waals surface area contributed by atoms with Crippen LogP contribution >= 0.6 is 0 Å². The van der Waals surface area contributed by atoms with Crippen LogP contribution in [0.25, 0.3) is 17.2 Å². The summed E-state index contributed by atoms with van der Waals surface area (Å²) >= 11 is 0. The van der Waals surface area contributed by atoms with Gasteiger partial charge in [0.15, 0.2) is 5.82 Å². The molecule has 2 heterocycles. The third kappa shape index (κ3) is 1.77. The van der Waals surface area contributed by atoms with E-state index in [0.717, 1.165) is 11.1 Å². The number of nitrogen functional groups attached to an aromatic ring is 1. The second kappa shape index (κ2) is 3.94. The summed E-state index contributed by atoms with van der Waals surface area (Å²) in [6, 6.07) is 7.08. The highest BCUT2D eigenvalue weighted by Gasteiger charge is 2.12. The van der Waals surface area contributed by atoms with Crippen LogP contribution < -0.4 is 11.3 Å². The number of anilines is 1. The van der Waals surface area contributed by atoms with E-state index < -0.39 is 0 Å². The first-order valence-corrected chi connectivity index (χ1v) is 5.88. The Morgan fingerprint density at radius 2 is 2.05 bits per heavy atom. The molecule has 2 aromatic heterocycles. The lowest BCUT2D eigenvalue weighted by molar-refractivity contribution is 0.892. The number of aromatic nitrogens is 4. The number of hydrogen-bond donors (Lipinski definition) is 2. The fourth-order valence-electron chi connectivity index (χ4n) is 2.12. The van der Waals surface area contributed by atoms with Gasteiger partial charge in [0.05, 0.1) is 0 Å². The Morgan fingerprint density at radius 1 is 1.26 bits per heavy atom. The van der Waals surface area contributed by atoms with Crippen molar-refractivity contribution in [3.8, 4) is 11.4 Å². The maximum atomic E-state index is 11.8. The minimum Gasteiger partial charge on any atom is -0.398 e. The molecule has 0 aliphatic rings. The predicted molar refractivity (Wildman–Crippen MR) is 72.9 cm³/mol. The normalized spacial score (nSPS) is 11.1. The monoisotopic (exact) mass is 255 g/mol. The molecule has 0 amide bonds. The molecule has 3 rings (SSSR count). The van der Waals surface area contributed by atoms with E-state index in [9.17, 15) is 4.79 Å². The average Bonchev–Trinajstić information content (AvgIpc) is 2.72. The standard InChI is InChI=1S/C13H13N5O/c1-7-4-3-5-9(14)11(7)12-16-13-15-8(2)6-10(19)18(13)17-12/h3-6H,14H2,1-2H3,(H,15,16,17). The zero-order valence-corrected chi connectivity index (χ0v) is 10.6. The van der Waals surface area contributed by atoms with Crippen molar-refractivity contribution in [2.75, 3.05) is 5.73 Å². The highest BCUT2D eigenvalue weighted by Crippen LogP contribution is 2.26. The minimum atomic E-state index is -0.187. The van der Waals surface area contributed by atoms with Crippen LogP contribution in [0.2, 0.25) is 0 Å². The first-order chi connectivity index (χ1) is 9.06. The fraction of sp³-hybridized carbons (Fsp3) is 0.154. The van der Waals surface area contributed by atoms with Gasteiger partial charge in [0.2, 0.25) is 0 Å². The molecule has 0 spiro atoms. The largest absolute Gasteiger partial charge is 0.398 e. The van der Waals surface area contributed by atoms with Crippen molar-refractivity contribution in [3.05, 3.63) is 45.9 Å². The van der Waals surface area contributed by atoms with Crippen molar-refractivity contribution >= 4 is 11.5 Å². The number of H-pyrrole nitrogens is 1. The van der Waals surface area contributed by atoms with E-state index in [4.69, 9.17) is 5.73 Å². The average molecular weight is 255 g/mol. The van der Waals surface area contributed by atoms with Gasteiger partial charge in [-0.05, 0) is 25.5 Å². The summed E-state index contributed by atoms with van der Waals surface area (Å²) in [7, 11) is 0. The molecule has 0 saturated carbocycles. The first-order valence-electron chi connectivity index (χ1n) is 5.88. The van der Waals surface area contributed by atoms with Gasteiger partial charge in [0, 0.05) is 23.0 Å². The third-order valence-corrected chi connectivity index (χ3v) is 3.00. The summed E-state index contributed by atoms with van der Waals surface area (Å²) in [4.78, 5) is 20.4. The van der Waals surface area contributed by atoms with Gasteiger partial charge in [-0.25, -0.2) is 4.98 Å². The van der Waals surface area contributed by atoms with Gasteiger partial charge in [-0.1, -0.05) is 12.1 Å². The van der Waals surface area contributed by atoms with Crippen LogP contribution in [0.15, 0.2) is 29.1 Å². The molecule has 6 nitrogen and oxygen atoms in total. The second-order valence-corrected chi connectivity index (χ2v) is 4.48. The molecule has 1 aromatic carbocycles. The van der Waals surface area contributed by atoms with Crippen molar-refractivity contribution in [2.24, 2.45) is 0 Å². The topological polar surface area (TPSA) is 89.1 Å². The summed E-state index contributed by atoms with van der Waals surface area (Å²) in [5.41, 5.74) is 8.83. The van der Waals surface area contributed by atoms with Crippen molar-refractivity contribution in [2.45, 2.75) is 13.8 Å². The Labute approximate surface area is 108 Å². The van der Waals surface area contributed by atoms with Gasteiger partial charge in [0.25, 0.3) is 11.3 Å². The number of rotatable bonds is 1. The highest BCUT2D eigenvalue weighted by molar-refractivity contribution is 5.75. The van der Waals surface area contributed by atoms with Crippen LogP contribution in [0.5, 0.6) is 0 Å². The number of aryl methyl sites for hydroxylation is 2. The van der Waals surface area contributed by atoms with E-state index in [1.54, 1.807) is 13.0 Å². The van der Waals surface area contributed by atoms with E-state index in [-0.39, 0.29) is 5.56 Å². The molecule has 3 aromatic rings. The molecule has 0 aliphatic heterocycles. The van der Waals surface area contributed by atoms with Crippen LogP contribution in [0.4, 0.5) is 5.69 Å². The molecular weight excluding hydrogens is 242 g/mol. The zero-order valence-electron chi connectivity index (χ0n) is 10.6. The molecule has 0 aliphatic carbocycles. The molecule has 0 unspecified atom stereocenters. The number of hydrogen-bond acceptors (Lipinski definition) is 4. The van der Waals surface area contributed by atoms with E-state index in [1.807, 2.05) is 19.1 Å². The molecule has 0 atom stereocenters. The number of fused-ring (bicyclic) bond motifs is 1. The third-order valence-electron chi connectivity index (χ3n) is 3.00. The van der Waals surface area contributed by atoms with Crippen molar-refractivity contribution in [1.29, 1.82) is 0 Å². The minimum absolute atomic E-state index is 0.187. The molecule has 3 N–H and O–H groups in total. The lowest BCUT2D eigenvalue weighted by Gasteiger charge is -2.04. The maximum Gasteiger partial charge on any atom is 0.274 e. The number of nitrogens with one attached hydrogen (secondary N) is 1. The Kier molecular flexibility index (Phi) is 2.38. The SMILES string of the molecule is Cc1cc(=O)n2[nH]c(-c3c(C)cccc3N)nc2n1. The van der Waals surface area contributed by atoms with Crippen molar-refractivity contribution in [1.82, 2.24) is 19.6 Å². The quantitative estimate of drug-likeness (QED) is 0.641. The smallest absolute Gasteiger partial charge is 0.274 e. The van der Waals surface area contributed by atoms with Crippen LogP contribution in [0.3, 0.4) is 0 Å². The molecule has 6 heteroatoms. The molecule has 0 radical (unpaired) electrons. The van der Waals surface area contributed by atoms with Gasteiger partial charge in [-0.2, -0.15) is 9.50 Å². The molecule has 96 valence electrons. The lowest BCUT2D eigenvalue weighted by Crippen LogP contribution is -2.14. The zero-order chi connectivity index (χ0) is 13.6. The van der Waals surface area contributed by atoms with Gasteiger partial charge in [-0.3, -0.25) is 9.89 Å². The molecule has 0 bridgehead atoms. The molecular formula is C13H13N5O. The Morgan fingerprint density at radius 3 is 2.79 bits per heavy atom. The van der Waals surface area contributed by atoms with Gasteiger partial charge in [-0.15, -0.1) is 0 Å². The summed E-state index contributed by atoms with van der Waals surface area (Å²) in [6.45, 7) is 3.71. The summed E-state index contributed by atoms with van der Waals surface area (Å²) < 4.78 is 1.31. The van der Waals surface area contributed by atoms with E-state index in [1.165, 1.54) is 10.6 Å². The maximum absolute atomic E-state index is 11.8. The van der Waals surface area contributed by atoms with Crippen LogP contribution in [-0.2, 0) is 0 Å². The van der Waals surface area contributed by atoms with E-state index >= 15 is 0 Å². The summed E-state index contributed by atoms with van der Waals surface area (Å²) in [6.07, 6.45) is 0. The van der Waals surface area contributed by atoms with Crippen molar-refractivity contribution < 1.29 is 0 Å². The number of nitrogens with two attached hydrogens (primary N) is 1. The lowest BCUT2D eigenvalue weighted by atomic mass is 10.1. The van der Waals surface area contributed by atoms with Crippen molar-refractivity contribution in [3.63, 3.8) is 0 Å². The van der Waals surface area contributed by atoms with Crippen LogP contribution in [0, 0.1) is 13.8 Å². The predicted octanol–water partition coefficient (Wildman–Crippen LogP) is 1.28. The van der Waals surface area contributed by atoms with Gasteiger partial charge < -0.3 is 5.73 Å². The molecule has 0 fully saturated rings. The number of benzene rings is 1. The number of aromatic amines is 1. The molecule has 19 heavy (non-hydrogen) atoms. The Balaban J connectivity index is 2.33. The van der Waals surface area contributed by atoms with Gasteiger partial charge >= 0.3 is 0 Å². The van der Waals surface area contributed by atoms with Crippen LogP contribution in [0.1, 0.15) is 11.3 Å². The number of nitrogens with zero attached hydrogens (tertiary/aromatic N) is 3. The van der Waals surface area contributed by atoms with Gasteiger partial charge in [0.1, 0.15) is 0 Å². The van der Waals surface area contributed by atoms with E-state index in [2.05, 4.69) is 15.1 Å². The van der Waals surface area contributed by atoms with Crippen LogP contribution in [-0.4, -0.2) is 19.6 Å². The molecule has 0 saturated heterocycles. The Bertz CT molecular complexity index is 810. The highest BCUT2D eigenvalue weighted by atomic mass is 16.1. The Hall–Kier alpha value is -2.63. The summed E-state index contributed by atoms with van der Waals surface area (Å²) in [5, 5.41) is 2.94. The fourth-order valence-corrected chi connectivity index (χ4v) is 2.12.